The van der Waals surface area contributed by atoms with Crippen molar-refractivity contribution in [2.75, 3.05) is 26.8 Å². The zero-order chi connectivity index (χ0) is 15.5. The molecule has 0 aromatic heterocycles. The molecule has 0 aliphatic heterocycles. The molecular weight excluding hydrogens is 254 g/mol. The van der Waals surface area contributed by atoms with E-state index in [9.17, 15) is 4.79 Å². The molecule has 20 heavy (non-hydrogen) atoms. The molecule has 0 amide bonds. The quantitative estimate of drug-likeness (QED) is 0.360. The minimum atomic E-state index is -0.162. The third-order valence-corrected chi connectivity index (χ3v) is 3.82. The first kappa shape index (κ1) is 19.1. The molecule has 0 radical (unpaired) electrons. The number of methoxy groups -OCH3 is 1. The number of carbonyl (C=O) groups excluding carboxylic acids is 1. The van der Waals surface area contributed by atoms with Crippen LogP contribution in [0.2, 0.25) is 0 Å². The summed E-state index contributed by atoms with van der Waals surface area (Å²) in [4.78, 5) is 11.2. The van der Waals surface area contributed by atoms with Gasteiger partial charge in [0.15, 0.2) is 0 Å². The minimum Gasteiger partial charge on any atom is -0.466 e. The zero-order valence-electron chi connectivity index (χ0n) is 13.6. The summed E-state index contributed by atoms with van der Waals surface area (Å²) in [5, 5.41) is 3.26. The lowest BCUT2D eigenvalue weighted by atomic mass is 9.81. The van der Waals surface area contributed by atoms with Gasteiger partial charge in [-0.3, -0.25) is 4.79 Å². The van der Waals surface area contributed by atoms with Crippen LogP contribution < -0.4 is 5.32 Å². The van der Waals surface area contributed by atoms with Gasteiger partial charge in [0.2, 0.25) is 0 Å². The van der Waals surface area contributed by atoms with Crippen LogP contribution >= 0.6 is 0 Å². The number of nitrogens with one attached hydrogen (secondary N) is 1. The van der Waals surface area contributed by atoms with Gasteiger partial charge < -0.3 is 14.8 Å². The Morgan fingerprint density at radius 1 is 1.35 bits per heavy atom. The van der Waals surface area contributed by atoms with Crippen molar-refractivity contribution in [3.63, 3.8) is 0 Å². The molecule has 0 rings (SSSR count). The Kier molecular flexibility index (Phi) is 10.4. The van der Waals surface area contributed by atoms with Crippen molar-refractivity contribution in [2.45, 2.75) is 40.2 Å². The normalized spacial score (nSPS) is 15.7. The van der Waals surface area contributed by atoms with Gasteiger partial charge in [0.1, 0.15) is 0 Å². The lowest BCUT2D eigenvalue weighted by molar-refractivity contribution is -0.143. The fraction of sp³-hybridized carbons (Fsp3) is 0.812. The SMILES string of the molecule is C=C[C@@H](C(CNCCC(=O)OCC)OC)[C@H](C)C(C)C. The van der Waals surface area contributed by atoms with Gasteiger partial charge in [-0.2, -0.15) is 0 Å². The second-order valence-electron chi connectivity index (χ2n) is 5.45. The Labute approximate surface area is 123 Å². The lowest BCUT2D eigenvalue weighted by Gasteiger charge is -2.31. The third kappa shape index (κ3) is 7.06. The van der Waals surface area contributed by atoms with Crippen molar-refractivity contribution < 1.29 is 14.3 Å². The molecule has 0 aliphatic carbocycles. The largest absolute Gasteiger partial charge is 0.466 e. The maximum Gasteiger partial charge on any atom is 0.307 e. The van der Waals surface area contributed by atoms with E-state index >= 15 is 0 Å². The Hall–Kier alpha value is -0.870. The van der Waals surface area contributed by atoms with E-state index in [2.05, 4.69) is 32.7 Å². The maximum absolute atomic E-state index is 11.2. The third-order valence-electron chi connectivity index (χ3n) is 3.82. The van der Waals surface area contributed by atoms with Gasteiger partial charge in [-0.1, -0.05) is 26.8 Å². The number of rotatable bonds is 11. The van der Waals surface area contributed by atoms with Crippen LogP contribution in [0.15, 0.2) is 12.7 Å². The van der Waals surface area contributed by atoms with Crippen molar-refractivity contribution >= 4 is 5.97 Å². The van der Waals surface area contributed by atoms with Crippen molar-refractivity contribution in [3.05, 3.63) is 12.7 Å². The van der Waals surface area contributed by atoms with E-state index in [1.54, 1.807) is 7.11 Å². The number of hydrogen-bond donors (Lipinski definition) is 1. The Balaban J connectivity index is 4.19. The molecule has 4 nitrogen and oxygen atoms in total. The van der Waals surface area contributed by atoms with E-state index in [-0.39, 0.29) is 12.1 Å². The molecule has 0 heterocycles. The summed E-state index contributed by atoms with van der Waals surface area (Å²) < 4.78 is 10.5. The summed E-state index contributed by atoms with van der Waals surface area (Å²) in [7, 11) is 1.72. The van der Waals surface area contributed by atoms with Crippen LogP contribution in [0.5, 0.6) is 0 Å². The molecule has 0 fully saturated rings. The van der Waals surface area contributed by atoms with Crippen molar-refractivity contribution in [3.8, 4) is 0 Å². The number of esters is 1. The minimum absolute atomic E-state index is 0.0760. The van der Waals surface area contributed by atoms with Gasteiger partial charge in [-0.15, -0.1) is 6.58 Å². The number of hydrogen-bond acceptors (Lipinski definition) is 4. The monoisotopic (exact) mass is 285 g/mol. The highest BCUT2D eigenvalue weighted by atomic mass is 16.5. The lowest BCUT2D eigenvalue weighted by Crippen LogP contribution is -2.38. The Morgan fingerprint density at radius 2 is 2.00 bits per heavy atom. The topological polar surface area (TPSA) is 47.6 Å². The summed E-state index contributed by atoms with van der Waals surface area (Å²) in [5.74, 6) is 1.22. The van der Waals surface area contributed by atoms with Gasteiger partial charge in [-0.05, 0) is 18.8 Å². The molecule has 0 aromatic rings. The average molecular weight is 285 g/mol. The summed E-state index contributed by atoms with van der Waals surface area (Å²) >= 11 is 0. The molecule has 0 saturated heterocycles. The highest BCUT2D eigenvalue weighted by Gasteiger charge is 2.25. The molecule has 3 atom stereocenters. The summed E-state index contributed by atoms with van der Waals surface area (Å²) in [6.07, 6.45) is 2.45. The number of ether oxygens (including phenoxy) is 2. The van der Waals surface area contributed by atoms with E-state index in [4.69, 9.17) is 9.47 Å². The van der Waals surface area contributed by atoms with Gasteiger partial charge in [0.25, 0.3) is 0 Å². The first-order valence-corrected chi connectivity index (χ1v) is 7.49. The van der Waals surface area contributed by atoms with Crippen LogP contribution in [0.25, 0.3) is 0 Å². The fourth-order valence-corrected chi connectivity index (χ4v) is 2.19. The Bertz CT molecular complexity index is 279. The number of carbonyl (C=O) groups is 1. The van der Waals surface area contributed by atoms with Gasteiger partial charge in [0, 0.05) is 26.1 Å². The first-order valence-electron chi connectivity index (χ1n) is 7.49. The van der Waals surface area contributed by atoms with Crippen LogP contribution in [0.3, 0.4) is 0 Å². The predicted molar refractivity (Wildman–Crippen MR) is 82.6 cm³/mol. The van der Waals surface area contributed by atoms with Gasteiger partial charge in [-0.25, -0.2) is 0 Å². The molecule has 4 heteroatoms. The second-order valence-corrected chi connectivity index (χ2v) is 5.45. The van der Waals surface area contributed by atoms with Gasteiger partial charge >= 0.3 is 5.97 Å². The standard InChI is InChI=1S/C16H31NO3/c1-7-14(13(5)12(3)4)15(19-6)11-17-10-9-16(18)20-8-2/h7,12-15,17H,1,8-11H2,2-6H3/t13-,14-,15?/m1/s1. The summed E-state index contributed by atoms with van der Waals surface area (Å²) in [6.45, 7) is 14.1. The van der Waals surface area contributed by atoms with Crippen LogP contribution in [-0.2, 0) is 14.3 Å². The molecule has 0 bridgehead atoms. The summed E-state index contributed by atoms with van der Waals surface area (Å²) in [6, 6.07) is 0. The van der Waals surface area contributed by atoms with E-state index in [1.165, 1.54) is 0 Å². The first-order chi connectivity index (χ1) is 9.47. The van der Waals surface area contributed by atoms with Crippen LogP contribution in [0, 0.1) is 17.8 Å². The van der Waals surface area contributed by atoms with Crippen molar-refractivity contribution in [1.82, 2.24) is 5.32 Å². The zero-order valence-corrected chi connectivity index (χ0v) is 13.6. The smallest absolute Gasteiger partial charge is 0.307 e. The Morgan fingerprint density at radius 3 is 2.45 bits per heavy atom. The molecule has 1 N–H and O–H groups in total. The van der Waals surface area contributed by atoms with Crippen molar-refractivity contribution in [2.24, 2.45) is 17.8 Å². The van der Waals surface area contributed by atoms with E-state index in [0.29, 0.717) is 43.9 Å². The summed E-state index contributed by atoms with van der Waals surface area (Å²) in [5.41, 5.74) is 0. The highest BCUT2D eigenvalue weighted by Crippen LogP contribution is 2.25. The molecule has 0 aromatic carbocycles. The molecule has 0 spiro atoms. The van der Waals surface area contributed by atoms with Crippen LogP contribution in [-0.4, -0.2) is 38.9 Å². The van der Waals surface area contributed by atoms with Crippen LogP contribution in [0.1, 0.15) is 34.1 Å². The predicted octanol–water partition coefficient (Wildman–Crippen LogP) is 2.64. The van der Waals surface area contributed by atoms with E-state index in [0.717, 1.165) is 0 Å². The molecule has 1 unspecified atom stereocenters. The molecule has 118 valence electrons. The maximum atomic E-state index is 11.2. The molecule has 0 aliphatic rings. The van der Waals surface area contributed by atoms with Gasteiger partial charge in [0.05, 0.1) is 19.1 Å². The van der Waals surface area contributed by atoms with E-state index < -0.39 is 0 Å². The highest BCUT2D eigenvalue weighted by molar-refractivity contribution is 5.69. The van der Waals surface area contributed by atoms with Crippen LogP contribution in [0.4, 0.5) is 0 Å². The van der Waals surface area contributed by atoms with E-state index in [1.807, 2.05) is 13.0 Å². The molecule has 0 saturated carbocycles. The van der Waals surface area contributed by atoms with Crippen molar-refractivity contribution in [1.29, 1.82) is 0 Å². The molecular formula is C16H31NO3. The average Bonchev–Trinajstić information content (AvgIpc) is 2.41. The fourth-order valence-electron chi connectivity index (χ4n) is 2.19. The second kappa shape index (κ2) is 10.9.